The summed E-state index contributed by atoms with van der Waals surface area (Å²) < 4.78 is 26.2. The van der Waals surface area contributed by atoms with E-state index >= 15 is 0 Å². The molecule has 0 unspecified atom stereocenters. The number of likely N-dealkylation sites (N-methyl/N-ethyl adjacent to an activating group) is 2. The van der Waals surface area contributed by atoms with Crippen LogP contribution in [0.3, 0.4) is 0 Å². The lowest BCUT2D eigenvalue weighted by Gasteiger charge is -2.20. The molecule has 0 aliphatic carbocycles. The Morgan fingerprint density at radius 3 is 2.52 bits per heavy atom. The third kappa shape index (κ3) is 4.41. The maximum absolute atomic E-state index is 12.6. The molecule has 6 nitrogen and oxygen atoms in total. The summed E-state index contributed by atoms with van der Waals surface area (Å²) in [4.78, 5) is 11.6. The van der Waals surface area contributed by atoms with Crippen molar-refractivity contribution in [3.63, 3.8) is 0 Å². The molecule has 21 heavy (non-hydrogen) atoms. The average molecular weight is 334 g/mol. The summed E-state index contributed by atoms with van der Waals surface area (Å²) in [5.41, 5.74) is 6.23. The zero-order valence-corrected chi connectivity index (χ0v) is 13.7. The lowest BCUT2D eigenvalue weighted by molar-refractivity contribution is -0.121. The Bertz CT molecular complexity index is 605. The van der Waals surface area contributed by atoms with E-state index in [1.807, 2.05) is 0 Å². The molecule has 0 aliphatic rings. The molecule has 1 aromatic carbocycles. The van der Waals surface area contributed by atoms with Gasteiger partial charge in [0.25, 0.3) is 0 Å². The molecule has 0 heterocycles. The van der Waals surface area contributed by atoms with Crippen molar-refractivity contribution in [2.24, 2.45) is 5.73 Å². The number of nitrogens with one attached hydrogen (secondary N) is 1. The van der Waals surface area contributed by atoms with Crippen molar-refractivity contribution in [3.05, 3.63) is 28.8 Å². The van der Waals surface area contributed by atoms with Gasteiger partial charge in [-0.25, -0.2) is 8.42 Å². The molecule has 1 amide bonds. The van der Waals surface area contributed by atoms with Gasteiger partial charge in [-0.05, 0) is 24.6 Å². The van der Waals surface area contributed by atoms with Gasteiger partial charge < -0.3 is 11.1 Å². The van der Waals surface area contributed by atoms with E-state index in [9.17, 15) is 13.2 Å². The zero-order valence-electron chi connectivity index (χ0n) is 12.1. The molecule has 0 spiro atoms. The van der Waals surface area contributed by atoms with Gasteiger partial charge in [0, 0.05) is 19.6 Å². The minimum Gasteiger partial charge on any atom is -0.355 e. The molecule has 0 aliphatic heterocycles. The summed E-state index contributed by atoms with van der Waals surface area (Å²) in [5.74, 6) is -0.349. The number of carbonyl (C=O) groups excluding carboxylic acids is 1. The van der Waals surface area contributed by atoms with Crippen molar-refractivity contribution in [1.82, 2.24) is 9.62 Å². The summed E-state index contributed by atoms with van der Waals surface area (Å²) in [5, 5.41) is 2.68. The molecule has 0 fully saturated rings. The number of hydrogen-bond donors (Lipinski definition) is 2. The lowest BCUT2D eigenvalue weighted by Crippen LogP contribution is -2.40. The first-order valence-electron chi connectivity index (χ1n) is 6.62. The number of benzene rings is 1. The minimum atomic E-state index is -3.82. The van der Waals surface area contributed by atoms with Crippen molar-refractivity contribution < 1.29 is 13.2 Å². The molecule has 8 heteroatoms. The molecule has 118 valence electrons. The molecule has 0 bridgehead atoms. The highest BCUT2D eigenvalue weighted by Gasteiger charge is 2.27. The van der Waals surface area contributed by atoms with Crippen LogP contribution in [0.5, 0.6) is 0 Å². The molecule has 3 N–H and O–H groups in total. The Hall–Kier alpha value is -1.15. The van der Waals surface area contributed by atoms with Crippen molar-refractivity contribution in [3.8, 4) is 0 Å². The van der Waals surface area contributed by atoms with Gasteiger partial charge in [0.05, 0.1) is 11.6 Å². The molecular weight excluding hydrogens is 314 g/mol. The number of amides is 1. The maximum atomic E-state index is 12.6. The quantitative estimate of drug-likeness (QED) is 0.777. The number of nitrogens with zero attached hydrogens (tertiary/aromatic N) is 1. The van der Waals surface area contributed by atoms with Crippen LogP contribution in [-0.2, 0) is 21.4 Å². The molecule has 1 rings (SSSR count). The molecule has 0 atom stereocenters. The Morgan fingerprint density at radius 1 is 1.38 bits per heavy atom. The number of halogens is 1. The summed E-state index contributed by atoms with van der Waals surface area (Å²) in [7, 11) is -3.82. The number of carbonyl (C=O) groups is 1. The van der Waals surface area contributed by atoms with E-state index in [0.29, 0.717) is 6.54 Å². The minimum absolute atomic E-state index is 0.0208. The predicted molar refractivity (Wildman–Crippen MR) is 82.5 cm³/mol. The first-order valence-corrected chi connectivity index (χ1v) is 8.43. The fourth-order valence-electron chi connectivity index (χ4n) is 1.80. The Kier molecular flexibility index (Phi) is 6.60. The summed E-state index contributed by atoms with van der Waals surface area (Å²) >= 11 is 6.03. The van der Waals surface area contributed by atoms with Crippen LogP contribution in [0, 0.1) is 0 Å². The second-order valence-electron chi connectivity index (χ2n) is 4.35. The highest BCUT2D eigenvalue weighted by Crippen LogP contribution is 2.25. The third-order valence-electron chi connectivity index (χ3n) is 2.90. The van der Waals surface area contributed by atoms with E-state index in [2.05, 4.69) is 5.32 Å². The molecule has 1 aromatic rings. The van der Waals surface area contributed by atoms with Crippen LogP contribution in [-0.4, -0.2) is 38.3 Å². The standard InChI is InChI=1S/C13H20ClN3O3S/c1-3-16-13(18)9-17(4-2)21(19,20)12-6-5-10(8-15)7-11(12)14/h5-7H,3-4,8-9,15H2,1-2H3,(H,16,18). The normalized spacial score (nSPS) is 11.7. The van der Waals surface area contributed by atoms with E-state index < -0.39 is 10.0 Å². The van der Waals surface area contributed by atoms with Crippen LogP contribution in [0.2, 0.25) is 5.02 Å². The Balaban J connectivity index is 3.10. The second kappa shape index (κ2) is 7.74. The smallest absolute Gasteiger partial charge is 0.245 e. The van der Waals surface area contributed by atoms with Gasteiger partial charge in [-0.2, -0.15) is 4.31 Å². The Labute approximate surface area is 130 Å². The summed E-state index contributed by atoms with van der Waals surface area (Å²) in [6, 6.07) is 4.55. The maximum Gasteiger partial charge on any atom is 0.245 e. The van der Waals surface area contributed by atoms with E-state index in [1.165, 1.54) is 12.1 Å². The van der Waals surface area contributed by atoms with Crippen molar-refractivity contribution in [2.75, 3.05) is 19.6 Å². The fourth-order valence-corrected chi connectivity index (χ4v) is 3.75. The van der Waals surface area contributed by atoms with Crippen LogP contribution in [0.4, 0.5) is 0 Å². The number of rotatable bonds is 7. The first-order chi connectivity index (χ1) is 9.86. The largest absolute Gasteiger partial charge is 0.355 e. The average Bonchev–Trinajstić information content (AvgIpc) is 2.44. The van der Waals surface area contributed by atoms with Crippen LogP contribution in [0.1, 0.15) is 19.4 Å². The van der Waals surface area contributed by atoms with Crippen molar-refractivity contribution in [1.29, 1.82) is 0 Å². The van der Waals surface area contributed by atoms with Gasteiger partial charge in [-0.1, -0.05) is 24.6 Å². The molecule has 0 saturated heterocycles. The van der Waals surface area contributed by atoms with Gasteiger partial charge in [0.1, 0.15) is 4.90 Å². The van der Waals surface area contributed by atoms with Gasteiger partial charge in [0.15, 0.2) is 0 Å². The topological polar surface area (TPSA) is 92.5 Å². The molecule has 0 aromatic heterocycles. The van der Waals surface area contributed by atoms with E-state index in [1.54, 1.807) is 19.9 Å². The van der Waals surface area contributed by atoms with Gasteiger partial charge >= 0.3 is 0 Å². The van der Waals surface area contributed by atoms with E-state index in [4.69, 9.17) is 17.3 Å². The molecular formula is C13H20ClN3O3S. The van der Waals surface area contributed by atoms with Gasteiger partial charge in [0.2, 0.25) is 15.9 Å². The number of hydrogen-bond acceptors (Lipinski definition) is 4. The number of nitrogens with two attached hydrogens (primary N) is 1. The Morgan fingerprint density at radius 2 is 2.05 bits per heavy atom. The fraction of sp³-hybridized carbons (Fsp3) is 0.462. The highest BCUT2D eigenvalue weighted by atomic mass is 35.5. The van der Waals surface area contributed by atoms with Crippen LogP contribution in [0.25, 0.3) is 0 Å². The lowest BCUT2D eigenvalue weighted by atomic mass is 10.2. The third-order valence-corrected chi connectivity index (χ3v) is 5.30. The summed E-state index contributed by atoms with van der Waals surface area (Å²) in [6.07, 6.45) is 0. The zero-order chi connectivity index (χ0) is 16.0. The monoisotopic (exact) mass is 333 g/mol. The van der Waals surface area contributed by atoms with E-state index in [0.717, 1.165) is 9.87 Å². The second-order valence-corrected chi connectivity index (χ2v) is 6.67. The summed E-state index contributed by atoms with van der Waals surface area (Å²) in [6.45, 7) is 4.10. The van der Waals surface area contributed by atoms with Crippen molar-refractivity contribution >= 4 is 27.5 Å². The van der Waals surface area contributed by atoms with Crippen LogP contribution < -0.4 is 11.1 Å². The SMILES string of the molecule is CCNC(=O)CN(CC)S(=O)(=O)c1ccc(CN)cc1Cl. The molecule has 0 saturated carbocycles. The van der Waals surface area contributed by atoms with Crippen LogP contribution >= 0.6 is 11.6 Å². The van der Waals surface area contributed by atoms with E-state index in [-0.39, 0.29) is 35.5 Å². The van der Waals surface area contributed by atoms with Gasteiger partial charge in [-0.15, -0.1) is 0 Å². The van der Waals surface area contributed by atoms with Gasteiger partial charge in [-0.3, -0.25) is 4.79 Å². The van der Waals surface area contributed by atoms with Crippen LogP contribution in [0.15, 0.2) is 23.1 Å². The highest BCUT2D eigenvalue weighted by molar-refractivity contribution is 7.89. The first kappa shape index (κ1) is 17.9. The van der Waals surface area contributed by atoms with Crippen molar-refractivity contribution in [2.45, 2.75) is 25.3 Å². The number of sulfonamides is 1. The molecule has 0 radical (unpaired) electrons. The predicted octanol–water partition coefficient (Wildman–Crippen LogP) is 0.945.